The van der Waals surface area contributed by atoms with Crippen molar-refractivity contribution in [1.82, 2.24) is 10.2 Å². The SMILES string of the molecule is CN1C[C@H](S(=O)(=O)c2ccccc2Cl)C[C@@H]1OC(=O)NC1(C#N)CC1. The van der Waals surface area contributed by atoms with Crippen LogP contribution in [0.1, 0.15) is 19.3 Å². The summed E-state index contributed by atoms with van der Waals surface area (Å²) in [5, 5.41) is 11.0. The lowest BCUT2D eigenvalue weighted by atomic mass is 10.3. The van der Waals surface area contributed by atoms with Crippen molar-refractivity contribution in [2.24, 2.45) is 0 Å². The molecule has 9 heteroatoms. The fourth-order valence-electron chi connectivity index (χ4n) is 2.87. The van der Waals surface area contributed by atoms with Crippen LogP contribution < -0.4 is 5.32 Å². The predicted octanol–water partition coefficient (Wildman–Crippen LogP) is 1.93. The first-order valence-electron chi connectivity index (χ1n) is 7.86. The second kappa shape index (κ2) is 6.48. The van der Waals surface area contributed by atoms with Crippen molar-refractivity contribution in [1.29, 1.82) is 5.26 Å². The summed E-state index contributed by atoms with van der Waals surface area (Å²) in [5.41, 5.74) is -0.822. The Labute approximate surface area is 151 Å². The van der Waals surface area contributed by atoms with Crippen LogP contribution in [0.2, 0.25) is 5.02 Å². The van der Waals surface area contributed by atoms with Gasteiger partial charge in [0.2, 0.25) is 0 Å². The first-order chi connectivity index (χ1) is 11.8. The van der Waals surface area contributed by atoms with E-state index in [9.17, 15) is 13.2 Å². The fraction of sp³-hybridized carbons (Fsp3) is 0.500. The molecule has 1 amide bonds. The highest BCUT2D eigenvalue weighted by Gasteiger charge is 2.46. The summed E-state index contributed by atoms with van der Waals surface area (Å²) < 4.78 is 30.9. The van der Waals surface area contributed by atoms with Gasteiger partial charge in [-0.25, -0.2) is 13.2 Å². The summed E-state index contributed by atoms with van der Waals surface area (Å²) >= 11 is 6.02. The molecule has 1 saturated carbocycles. The molecule has 2 aliphatic rings. The van der Waals surface area contributed by atoms with Crippen molar-refractivity contribution >= 4 is 27.5 Å². The minimum atomic E-state index is -3.64. The number of carbonyl (C=O) groups is 1. The van der Waals surface area contributed by atoms with Crippen LogP contribution in [0, 0.1) is 11.3 Å². The molecular formula is C16H18ClN3O4S. The number of benzene rings is 1. The number of alkyl carbamates (subject to hydrolysis) is 1. The second-order valence-electron chi connectivity index (χ2n) is 6.45. The van der Waals surface area contributed by atoms with E-state index in [1.54, 1.807) is 24.1 Å². The molecule has 0 aromatic heterocycles. The van der Waals surface area contributed by atoms with E-state index in [1.165, 1.54) is 12.1 Å². The van der Waals surface area contributed by atoms with Crippen LogP contribution in [0.25, 0.3) is 0 Å². The van der Waals surface area contributed by atoms with Crippen LogP contribution in [-0.2, 0) is 14.6 Å². The summed E-state index contributed by atoms with van der Waals surface area (Å²) in [5.74, 6) is 0. The molecule has 1 aromatic rings. The van der Waals surface area contributed by atoms with E-state index in [2.05, 4.69) is 5.32 Å². The van der Waals surface area contributed by atoms with Gasteiger partial charge >= 0.3 is 6.09 Å². The van der Waals surface area contributed by atoms with Crippen molar-refractivity contribution in [3.05, 3.63) is 29.3 Å². The van der Waals surface area contributed by atoms with Crippen molar-refractivity contribution in [3.8, 4) is 6.07 Å². The first-order valence-corrected chi connectivity index (χ1v) is 9.78. The summed E-state index contributed by atoms with van der Waals surface area (Å²) in [6, 6.07) is 8.34. The molecule has 134 valence electrons. The van der Waals surface area contributed by atoms with Crippen LogP contribution >= 0.6 is 11.6 Å². The third-order valence-corrected chi connectivity index (χ3v) is 7.21. The largest absolute Gasteiger partial charge is 0.430 e. The van der Waals surface area contributed by atoms with Crippen molar-refractivity contribution in [2.45, 2.75) is 41.2 Å². The van der Waals surface area contributed by atoms with E-state index in [0.717, 1.165) is 0 Å². The van der Waals surface area contributed by atoms with Gasteiger partial charge in [0, 0.05) is 13.0 Å². The number of sulfone groups is 1. The average Bonchev–Trinajstić information content (AvgIpc) is 3.23. The van der Waals surface area contributed by atoms with Gasteiger partial charge in [-0.15, -0.1) is 0 Å². The maximum absolute atomic E-state index is 12.8. The Morgan fingerprint density at radius 3 is 2.72 bits per heavy atom. The van der Waals surface area contributed by atoms with Gasteiger partial charge in [0.15, 0.2) is 16.1 Å². The maximum atomic E-state index is 12.8. The monoisotopic (exact) mass is 383 g/mol. The van der Waals surface area contributed by atoms with Gasteiger partial charge in [0.25, 0.3) is 0 Å². The third kappa shape index (κ3) is 3.59. The zero-order valence-corrected chi connectivity index (χ0v) is 15.2. The number of hydrogen-bond acceptors (Lipinski definition) is 6. The van der Waals surface area contributed by atoms with Crippen LogP contribution in [0.15, 0.2) is 29.2 Å². The second-order valence-corrected chi connectivity index (χ2v) is 9.06. The van der Waals surface area contributed by atoms with E-state index in [1.807, 2.05) is 6.07 Å². The molecule has 1 aliphatic carbocycles. The molecule has 25 heavy (non-hydrogen) atoms. The average molecular weight is 384 g/mol. The first kappa shape index (κ1) is 18.0. The number of halogens is 1. The predicted molar refractivity (Wildman–Crippen MR) is 90.7 cm³/mol. The molecule has 1 saturated heterocycles. The lowest BCUT2D eigenvalue weighted by Gasteiger charge is -2.20. The van der Waals surface area contributed by atoms with E-state index in [4.69, 9.17) is 21.6 Å². The Bertz CT molecular complexity index is 832. The number of ether oxygens (including phenoxy) is 1. The molecule has 3 rings (SSSR count). The summed E-state index contributed by atoms with van der Waals surface area (Å²) in [6.07, 6.45) is -0.0223. The summed E-state index contributed by atoms with van der Waals surface area (Å²) in [7, 11) is -1.94. The molecule has 1 aromatic carbocycles. The van der Waals surface area contributed by atoms with Crippen LogP contribution in [-0.4, -0.2) is 50.0 Å². The topological polar surface area (TPSA) is 99.5 Å². The highest BCUT2D eigenvalue weighted by Crippen LogP contribution is 2.35. The van der Waals surface area contributed by atoms with Crippen molar-refractivity contribution in [2.75, 3.05) is 13.6 Å². The molecule has 1 N–H and O–H groups in total. The standard InChI is InChI=1S/C16H18ClN3O4S/c1-20-9-11(25(22,23)13-5-3-2-4-12(13)17)8-14(20)24-15(21)19-16(10-18)6-7-16/h2-5,11,14H,6-9H2,1H3,(H,19,21)/t11-,14+/m1/s1. The number of amides is 1. The minimum absolute atomic E-state index is 0.0848. The Hall–Kier alpha value is -1.82. The highest BCUT2D eigenvalue weighted by molar-refractivity contribution is 7.92. The zero-order valence-electron chi connectivity index (χ0n) is 13.6. The van der Waals surface area contributed by atoms with E-state index >= 15 is 0 Å². The molecule has 0 unspecified atom stereocenters. The van der Waals surface area contributed by atoms with E-state index < -0.39 is 32.9 Å². The lowest BCUT2D eigenvalue weighted by molar-refractivity contribution is 0.0255. The fourth-order valence-corrected chi connectivity index (χ4v) is 5.15. The normalized spacial score (nSPS) is 25.2. The number of carbonyl (C=O) groups excluding carboxylic acids is 1. The number of nitrogens with one attached hydrogen (secondary N) is 1. The van der Waals surface area contributed by atoms with Crippen LogP contribution in [0.3, 0.4) is 0 Å². The number of nitrogens with zero attached hydrogens (tertiary/aromatic N) is 2. The van der Waals surface area contributed by atoms with Gasteiger partial charge < -0.3 is 10.1 Å². The molecule has 2 atom stereocenters. The lowest BCUT2D eigenvalue weighted by Crippen LogP contribution is -2.40. The smallest absolute Gasteiger partial charge is 0.409 e. The van der Waals surface area contributed by atoms with Crippen molar-refractivity contribution < 1.29 is 17.9 Å². The van der Waals surface area contributed by atoms with Gasteiger partial charge in [0.05, 0.1) is 21.2 Å². The number of nitriles is 1. The number of rotatable bonds is 4. The summed E-state index contributed by atoms with van der Waals surface area (Å²) in [6.45, 7) is 0.231. The van der Waals surface area contributed by atoms with Gasteiger partial charge in [-0.05, 0) is 32.0 Å². The Morgan fingerprint density at radius 1 is 1.44 bits per heavy atom. The molecule has 7 nitrogen and oxygen atoms in total. The molecule has 0 radical (unpaired) electrons. The maximum Gasteiger partial charge on any atom is 0.409 e. The quantitative estimate of drug-likeness (QED) is 0.852. The van der Waals surface area contributed by atoms with Crippen molar-refractivity contribution in [3.63, 3.8) is 0 Å². The molecule has 2 fully saturated rings. The van der Waals surface area contributed by atoms with Gasteiger partial charge in [0.1, 0.15) is 5.54 Å². The highest BCUT2D eigenvalue weighted by atomic mass is 35.5. The number of likely N-dealkylation sites (tertiary alicyclic amines) is 1. The Kier molecular flexibility index (Phi) is 4.66. The van der Waals surface area contributed by atoms with E-state index in [-0.39, 0.29) is 22.9 Å². The van der Waals surface area contributed by atoms with E-state index in [0.29, 0.717) is 12.8 Å². The van der Waals surface area contributed by atoms with Gasteiger partial charge in [-0.2, -0.15) is 5.26 Å². The number of hydrogen-bond donors (Lipinski definition) is 1. The molecule has 0 bridgehead atoms. The molecule has 1 heterocycles. The third-order valence-electron chi connectivity index (χ3n) is 4.58. The minimum Gasteiger partial charge on any atom is -0.430 e. The Balaban J connectivity index is 1.68. The molecule has 0 spiro atoms. The summed E-state index contributed by atoms with van der Waals surface area (Å²) in [4.78, 5) is 13.7. The molecule has 1 aliphatic heterocycles. The zero-order chi connectivity index (χ0) is 18.2. The van der Waals surface area contributed by atoms with Gasteiger partial charge in [-0.1, -0.05) is 23.7 Å². The molecular weight excluding hydrogens is 366 g/mol. The Morgan fingerprint density at radius 2 is 2.12 bits per heavy atom. The van der Waals surface area contributed by atoms with Gasteiger partial charge in [-0.3, -0.25) is 4.90 Å². The van der Waals surface area contributed by atoms with Crippen LogP contribution in [0.4, 0.5) is 4.79 Å². The van der Waals surface area contributed by atoms with Crippen LogP contribution in [0.5, 0.6) is 0 Å².